The van der Waals surface area contributed by atoms with Crippen LogP contribution in [0.4, 0.5) is 0 Å². The lowest BCUT2D eigenvalue weighted by atomic mass is 9.69. The van der Waals surface area contributed by atoms with Crippen LogP contribution in [0.1, 0.15) is 48.3 Å². The number of carboxylic acids is 1. The average Bonchev–Trinajstić information content (AvgIpc) is 2.78. The Hall–Kier alpha value is -3.09. The number of pyridine rings is 1. The van der Waals surface area contributed by atoms with Crippen molar-refractivity contribution in [2.24, 2.45) is 11.1 Å². The molecule has 7 nitrogen and oxygen atoms in total. The molecule has 0 radical (unpaired) electrons. The zero-order valence-electron chi connectivity index (χ0n) is 17.0. The van der Waals surface area contributed by atoms with Crippen molar-refractivity contribution >= 4 is 11.9 Å². The first kappa shape index (κ1) is 20.2. The van der Waals surface area contributed by atoms with Gasteiger partial charge in [-0.15, -0.1) is 0 Å². The van der Waals surface area contributed by atoms with E-state index in [9.17, 15) is 9.90 Å². The fraction of sp³-hybridized carbons (Fsp3) is 0.435. The molecule has 0 amide bonds. The molecule has 1 aromatic carbocycles. The predicted molar refractivity (Wildman–Crippen MR) is 113 cm³/mol. The highest BCUT2D eigenvalue weighted by Gasteiger charge is 2.43. The van der Waals surface area contributed by atoms with E-state index >= 15 is 0 Å². The first-order chi connectivity index (χ1) is 14.5. The second-order valence-electron chi connectivity index (χ2n) is 8.42. The van der Waals surface area contributed by atoms with Crippen molar-refractivity contribution in [3.63, 3.8) is 0 Å². The monoisotopic (exact) mass is 408 g/mol. The molecule has 4 N–H and O–H groups in total. The quantitative estimate of drug-likeness (QED) is 0.517. The molecule has 4 rings (SSSR count). The third kappa shape index (κ3) is 4.10. The lowest BCUT2D eigenvalue weighted by molar-refractivity contribution is -0.153. The van der Waals surface area contributed by atoms with Gasteiger partial charge in [-0.2, -0.15) is 0 Å². The van der Waals surface area contributed by atoms with E-state index in [4.69, 9.17) is 15.9 Å². The fourth-order valence-electron chi connectivity index (χ4n) is 4.61. The summed E-state index contributed by atoms with van der Waals surface area (Å²) in [4.78, 5) is 18.1. The number of hydrogen-bond acceptors (Lipinski definition) is 4. The van der Waals surface area contributed by atoms with Gasteiger partial charge in [0, 0.05) is 25.5 Å². The molecule has 2 heterocycles. The molecule has 1 saturated carbocycles. The van der Waals surface area contributed by atoms with Crippen LogP contribution in [0.15, 0.2) is 42.7 Å². The molecule has 2 aromatic rings. The fourth-order valence-corrected chi connectivity index (χ4v) is 4.61. The number of aliphatic carboxylic acids is 1. The molecule has 0 atom stereocenters. The summed E-state index contributed by atoms with van der Waals surface area (Å²) in [6, 6.07) is 9.96. The van der Waals surface area contributed by atoms with Crippen molar-refractivity contribution in [3.8, 4) is 5.75 Å². The largest absolute Gasteiger partial charge is 0.492 e. The van der Waals surface area contributed by atoms with Crippen molar-refractivity contribution in [2.75, 3.05) is 13.2 Å². The molecule has 7 heteroatoms. The van der Waals surface area contributed by atoms with E-state index in [1.807, 2.05) is 35.2 Å². The number of carbonyl (C=O) groups is 1. The molecule has 1 aliphatic heterocycles. The van der Waals surface area contributed by atoms with Crippen LogP contribution in [0.2, 0.25) is 0 Å². The minimum absolute atomic E-state index is 0.0720. The number of hydrogen-bond donors (Lipinski definition) is 3. The van der Waals surface area contributed by atoms with Crippen molar-refractivity contribution in [1.29, 1.82) is 5.41 Å². The molecule has 158 valence electrons. The lowest BCUT2D eigenvalue weighted by Gasteiger charge is -2.36. The molecule has 0 spiro atoms. The number of nitrogens with two attached hydrogens (primary N) is 1. The number of benzene rings is 1. The molecule has 0 bridgehead atoms. The number of carboxylic acid groups (broad SMARTS) is 1. The Kier molecular flexibility index (Phi) is 5.61. The second-order valence-corrected chi connectivity index (χ2v) is 8.42. The van der Waals surface area contributed by atoms with E-state index in [1.165, 1.54) is 11.1 Å². The Morgan fingerprint density at radius 2 is 1.97 bits per heavy atom. The third-order valence-electron chi connectivity index (χ3n) is 6.62. The summed E-state index contributed by atoms with van der Waals surface area (Å²) in [6.07, 6.45) is 7.28. The Balaban J connectivity index is 1.42. The summed E-state index contributed by atoms with van der Waals surface area (Å²) in [6.45, 7) is 1.49. The maximum atomic E-state index is 12.2. The molecular formula is C23H28N4O3. The van der Waals surface area contributed by atoms with Gasteiger partial charge in [0.15, 0.2) is 5.96 Å². The van der Waals surface area contributed by atoms with Gasteiger partial charge in [-0.1, -0.05) is 6.07 Å². The van der Waals surface area contributed by atoms with E-state index < -0.39 is 11.4 Å². The van der Waals surface area contributed by atoms with Crippen LogP contribution in [-0.2, 0) is 17.8 Å². The number of rotatable bonds is 5. The van der Waals surface area contributed by atoms with E-state index in [0.29, 0.717) is 31.1 Å². The second kappa shape index (κ2) is 8.34. The van der Waals surface area contributed by atoms with Gasteiger partial charge in [-0.25, -0.2) is 0 Å². The summed E-state index contributed by atoms with van der Waals surface area (Å²) in [5.41, 5.74) is 8.32. The highest BCUT2D eigenvalue weighted by atomic mass is 16.5. The molecule has 0 unspecified atom stereocenters. The van der Waals surface area contributed by atoms with Crippen molar-refractivity contribution < 1.29 is 14.6 Å². The maximum Gasteiger partial charge on any atom is 0.313 e. The van der Waals surface area contributed by atoms with Crippen molar-refractivity contribution in [3.05, 3.63) is 59.4 Å². The zero-order valence-corrected chi connectivity index (χ0v) is 17.0. The van der Waals surface area contributed by atoms with Gasteiger partial charge < -0.3 is 20.5 Å². The number of guanidine groups is 1. The highest BCUT2D eigenvalue weighted by Crippen LogP contribution is 2.43. The first-order valence-electron chi connectivity index (χ1n) is 10.4. The van der Waals surface area contributed by atoms with Crippen LogP contribution in [0.5, 0.6) is 5.75 Å². The van der Waals surface area contributed by atoms with Gasteiger partial charge in [-0.3, -0.25) is 15.2 Å². The Morgan fingerprint density at radius 3 is 2.63 bits per heavy atom. The lowest BCUT2D eigenvalue weighted by Crippen LogP contribution is -2.40. The van der Waals surface area contributed by atoms with E-state index in [0.717, 1.165) is 31.4 Å². The molecule has 1 fully saturated rings. The smallest absolute Gasteiger partial charge is 0.313 e. The van der Waals surface area contributed by atoms with Crippen LogP contribution < -0.4 is 10.5 Å². The minimum atomic E-state index is -0.856. The van der Waals surface area contributed by atoms with Crippen LogP contribution in [0.25, 0.3) is 0 Å². The van der Waals surface area contributed by atoms with Gasteiger partial charge in [0.05, 0.1) is 0 Å². The Labute approximate surface area is 176 Å². The average molecular weight is 409 g/mol. The normalized spacial score (nSPS) is 23.5. The van der Waals surface area contributed by atoms with Gasteiger partial charge in [0.2, 0.25) is 0 Å². The maximum absolute atomic E-state index is 12.2. The summed E-state index contributed by atoms with van der Waals surface area (Å²) in [5.74, 6) is 0.344. The summed E-state index contributed by atoms with van der Waals surface area (Å²) in [7, 11) is 0. The van der Waals surface area contributed by atoms with E-state index in [-0.39, 0.29) is 12.6 Å². The predicted octanol–water partition coefficient (Wildman–Crippen LogP) is 3.14. The number of fused-ring (bicyclic) bond motifs is 1. The third-order valence-corrected chi connectivity index (χ3v) is 6.62. The molecule has 2 aliphatic rings. The Bertz CT molecular complexity index is 923. The van der Waals surface area contributed by atoms with Gasteiger partial charge in [-0.05, 0) is 79.0 Å². The van der Waals surface area contributed by atoms with Crippen LogP contribution in [-0.4, -0.2) is 40.1 Å². The first-order valence-corrected chi connectivity index (χ1v) is 10.4. The standard InChI is InChI=1S/C23H28N4O3/c24-22(25)27-12-7-16-1-2-20(13-19(16)14-27)30-15-23(21(28)29)8-3-17(4-9-23)18-5-10-26-11-6-18/h1-2,5-6,10-11,13,17H,3-4,7-9,12,14-15H2,(H3,24,25)(H,28,29). The molecule has 30 heavy (non-hydrogen) atoms. The van der Waals surface area contributed by atoms with Crippen molar-refractivity contribution in [1.82, 2.24) is 9.88 Å². The highest BCUT2D eigenvalue weighted by molar-refractivity contribution is 5.75. The minimum Gasteiger partial charge on any atom is -0.492 e. The molecule has 1 aliphatic carbocycles. The molecule has 0 saturated heterocycles. The topological polar surface area (TPSA) is 113 Å². The summed E-state index contributed by atoms with van der Waals surface area (Å²) < 4.78 is 6.02. The number of nitrogens with zero attached hydrogens (tertiary/aromatic N) is 2. The SMILES string of the molecule is N=C(N)N1CCc2ccc(OCC3(C(=O)O)CCC(c4ccncc4)CC3)cc2C1. The van der Waals surface area contributed by atoms with E-state index in [2.05, 4.69) is 4.98 Å². The van der Waals surface area contributed by atoms with E-state index in [1.54, 1.807) is 12.4 Å². The van der Waals surface area contributed by atoms with Crippen LogP contribution >= 0.6 is 0 Å². The number of nitrogens with one attached hydrogen (secondary N) is 1. The molecular weight excluding hydrogens is 380 g/mol. The number of aromatic nitrogens is 1. The zero-order chi connectivity index (χ0) is 21.1. The van der Waals surface area contributed by atoms with Crippen LogP contribution in [0, 0.1) is 10.8 Å². The summed E-state index contributed by atoms with van der Waals surface area (Å²) >= 11 is 0. The van der Waals surface area contributed by atoms with Crippen molar-refractivity contribution in [2.45, 2.75) is 44.6 Å². The number of ether oxygens (including phenoxy) is 1. The van der Waals surface area contributed by atoms with Gasteiger partial charge in [0.25, 0.3) is 0 Å². The van der Waals surface area contributed by atoms with Gasteiger partial charge in [0.1, 0.15) is 17.8 Å². The Morgan fingerprint density at radius 1 is 1.23 bits per heavy atom. The van der Waals surface area contributed by atoms with Gasteiger partial charge >= 0.3 is 5.97 Å². The van der Waals surface area contributed by atoms with Crippen LogP contribution in [0.3, 0.4) is 0 Å². The summed E-state index contributed by atoms with van der Waals surface area (Å²) in [5, 5.41) is 17.6. The molecule has 1 aromatic heterocycles.